The quantitative estimate of drug-likeness (QED) is 0.204. The number of hydrogen-bond donors (Lipinski definition) is 0. The Labute approximate surface area is 163 Å². The van der Waals surface area contributed by atoms with Crippen LogP contribution in [0.3, 0.4) is 0 Å². The van der Waals surface area contributed by atoms with Crippen molar-refractivity contribution in [3.8, 4) is 16.3 Å². The van der Waals surface area contributed by atoms with Gasteiger partial charge < -0.3 is 9.15 Å². The number of carbonyl (C=O) groups is 1. The first kappa shape index (κ1) is 17.7. The fourth-order valence-corrected chi connectivity index (χ4v) is 3.79. The minimum absolute atomic E-state index is 0.238. The number of carbonyl (C=O) groups excluding carboxylic acids is 1. The molecule has 0 bridgehead atoms. The minimum atomic E-state index is -0.479. The molecule has 0 radical (unpaired) electrons. The van der Waals surface area contributed by atoms with Crippen molar-refractivity contribution >= 4 is 50.1 Å². The first-order valence-corrected chi connectivity index (χ1v) is 9.69. The van der Waals surface area contributed by atoms with Gasteiger partial charge in [0.05, 0.1) is 15.8 Å². The Bertz CT molecular complexity index is 1160. The third-order valence-electron chi connectivity index (χ3n) is 3.98. The molecule has 2 heterocycles. The number of hydrogen-bond acceptors (Lipinski definition) is 6. The standard InChI is InChI=1S/C20H14ClNO4S/c21-9-3-6-18(23)25-13-8-7-12-10-14(20(24)26-16(12)11-13)19-22-15-4-1-2-5-17(15)27-19/h1-2,4-5,7-8,10-11H,3,6,9H2. The van der Waals surface area contributed by atoms with Gasteiger partial charge in [0.25, 0.3) is 0 Å². The second kappa shape index (κ2) is 7.50. The maximum Gasteiger partial charge on any atom is 0.346 e. The summed E-state index contributed by atoms with van der Waals surface area (Å²) in [5.74, 6) is 0.359. The molecule has 0 amide bonds. The van der Waals surface area contributed by atoms with E-state index < -0.39 is 5.63 Å². The highest BCUT2D eigenvalue weighted by molar-refractivity contribution is 7.21. The van der Waals surface area contributed by atoms with Crippen LogP contribution in [-0.2, 0) is 4.79 Å². The summed E-state index contributed by atoms with van der Waals surface area (Å²) in [6.45, 7) is 0. The summed E-state index contributed by atoms with van der Waals surface area (Å²) >= 11 is 7.01. The van der Waals surface area contributed by atoms with Crippen LogP contribution in [0, 0.1) is 0 Å². The summed E-state index contributed by atoms with van der Waals surface area (Å²) < 4.78 is 11.7. The summed E-state index contributed by atoms with van der Waals surface area (Å²) in [6, 6.07) is 14.4. The van der Waals surface area contributed by atoms with Crippen molar-refractivity contribution in [2.24, 2.45) is 0 Å². The summed E-state index contributed by atoms with van der Waals surface area (Å²) in [5, 5.41) is 1.34. The average Bonchev–Trinajstić information content (AvgIpc) is 3.09. The van der Waals surface area contributed by atoms with Crippen LogP contribution < -0.4 is 10.4 Å². The van der Waals surface area contributed by atoms with Gasteiger partial charge in [-0.2, -0.15) is 0 Å². The molecule has 0 N–H and O–H groups in total. The number of thiazole rings is 1. The largest absolute Gasteiger partial charge is 0.426 e. The first-order valence-electron chi connectivity index (χ1n) is 8.34. The van der Waals surface area contributed by atoms with E-state index in [0.29, 0.717) is 34.2 Å². The zero-order valence-corrected chi connectivity index (χ0v) is 15.7. The lowest BCUT2D eigenvalue weighted by atomic mass is 10.2. The van der Waals surface area contributed by atoms with Gasteiger partial charge in [-0.15, -0.1) is 22.9 Å². The van der Waals surface area contributed by atoms with Gasteiger partial charge in [0.1, 0.15) is 16.3 Å². The number of rotatable bonds is 5. The van der Waals surface area contributed by atoms with Crippen molar-refractivity contribution < 1.29 is 13.9 Å². The molecule has 0 aliphatic carbocycles. The molecule has 0 aliphatic rings. The van der Waals surface area contributed by atoms with E-state index in [4.69, 9.17) is 20.8 Å². The van der Waals surface area contributed by atoms with Gasteiger partial charge in [0.2, 0.25) is 0 Å². The van der Waals surface area contributed by atoms with Gasteiger partial charge in [0, 0.05) is 23.8 Å². The van der Waals surface area contributed by atoms with Gasteiger partial charge in [-0.1, -0.05) is 12.1 Å². The van der Waals surface area contributed by atoms with Crippen molar-refractivity contribution in [3.05, 3.63) is 59.0 Å². The molecule has 2 aromatic carbocycles. The molecule has 4 rings (SSSR count). The fourth-order valence-electron chi connectivity index (χ4n) is 2.69. The molecular weight excluding hydrogens is 386 g/mol. The predicted molar refractivity (Wildman–Crippen MR) is 107 cm³/mol. The monoisotopic (exact) mass is 399 g/mol. The minimum Gasteiger partial charge on any atom is -0.426 e. The van der Waals surface area contributed by atoms with Gasteiger partial charge in [-0.05, 0) is 36.8 Å². The topological polar surface area (TPSA) is 69.4 Å². The van der Waals surface area contributed by atoms with Crippen molar-refractivity contribution in [2.75, 3.05) is 5.88 Å². The third kappa shape index (κ3) is 3.72. The molecule has 0 saturated carbocycles. The lowest BCUT2D eigenvalue weighted by Gasteiger charge is -2.05. The van der Waals surface area contributed by atoms with Crippen molar-refractivity contribution in [2.45, 2.75) is 12.8 Å². The molecule has 7 heteroatoms. The van der Waals surface area contributed by atoms with Crippen LogP contribution >= 0.6 is 22.9 Å². The van der Waals surface area contributed by atoms with Crippen LogP contribution in [0.1, 0.15) is 12.8 Å². The number of para-hydroxylation sites is 1. The lowest BCUT2D eigenvalue weighted by Crippen LogP contribution is -2.08. The average molecular weight is 400 g/mol. The lowest BCUT2D eigenvalue weighted by molar-refractivity contribution is -0.134. The molecule has 0 fully saturated rings. The van der Waals surface area contributed by atoms with Crippen LogP contribution in [0.2, 0.25) is 0 Å². The van der Waals surface area contributed by atoms with Crippen molar-refractivity contribution in [1.82, 2.24) is 4.98 Å². The molecule has 0 spiro atoms. The van der Waals surface area contributed by atoms with Crippen LogP contribution in [-0.4, -0.2) is 16.8 Å². The van der Waals surface area contributed by atoms with E-state index in [1.54, 1.807) is 18.2 Å². The smallest absolute Gasteiger partial charge is 0.346 e. The predicted octanol–water partition coefficient (Wildman–Crippen LogP) is 4.99. The van der Waals surface area contributed by atoms with E-state index in [1.807, 2.05) is 24.3 Å². The van der Waals surface area contributed by atoms with Crippen LogP contribution in [0.5, 0.6) is 5.75 Å². The number of alkyl halides is 1. The molecule has 0 aliphatic heterocycles. The van der Waals surface area contributed by atoms with E-state index in [0.717, 1.165) is 15.6 Å². The molecule has 0 saturated heterocycles. The zero-order chi connectivity index (χ0) is 18.8. The second-order valence-electron chi connectivity index (χ2n) is 5.90. The Kier molecular flexibility index (Phi) is 4.92. The summed E-state index contributed by atoms with van der Waals surface area (Å²) in [6.07, 6.45) is 0.788. The van der Waals surface area contributed by atoms with Gasteiger partial charge in [-0.25, -0.2) is 9.78 Å². The van der Waals surface area contributed by atoms with Gasteiger partial charge in [-0.3, -0.25) is 4.79 Å². The highest BCUT2D eigenvalue weighted by Crippen LogP contribution is 2.30. The molecule has 0 unspecified atom stereocenters. The number of ether oxygens (including phenoxy) is 1. The van der Waals surface area contributed by atoms with Crippen molar-refractivity contribution in [3.63, 3.8) is 0 Å². The van der Waals surface area contributed by atoms with Crippen LogP contribution in [0.15, 0.2) is 57.7 Å². The molecular formula is C20H14ClNO4S. The Hall–Kier alpha value is -2.70. The van der Waals surface area contributed by atoms with Crippen LogP contribution in [0.4, 0.5) is 0 Å². The maximum atomic E-state index is 12.5. The van der Waals surface area contributed by atoms with Gasteiger partial charge >= 0.3 is 11.6 Å². The molecule has 4 aromatic rings. The summed E-state index contributed by atoms with van der Waals surface area (Å²) in [7, 11) is 0. The highest BCUT2D eigenvalue weighted by atomic mass is 35.5. The number of fused-ring (bicyclic) bond motifs is 2. The number of halogens is 1. The van der Waals surface area contributed by atoms with Gasteiger partial charge in [0.15, 0.2) is 0 Å². The summed E-state index contributed by atoms with van der Waals surface area (Å²) in [5.41, 5.74) is 1.13. The Balaban J connectivity index is 1.68. The van der Waals surface area contributed by atoms with E-state index in [-0.39, 0.29) is 12.4 Å². The van der Waals surface area contributed by atoms with E-state index in [1.165, 1.54) is 17.4 Å². The zero-order valence-electron chi connectivity index (χ0n) is 14.1. The number of benzene rings is 2. The maximum absolute atomic E-state index is 12.5. The fraction of sp³-hybridized carbons (Fsp3) is 0.150. The number of esters is 1. The molecule has 5 nitrogen and oxygen atoms in total. The normalized spacial score (nSPS) is 11.1. The number of nitrogens with zero attached hydrogens (tertiary/aromatic N) is 1. The Morgan fingerprint density at radius 1 is 1.19 bits per heavy atom. The molecule has 136 valence electrons. The Morgan fingerprint density at radius 3 is 2.85 bits per heavy atom. The van der Waals surface area contributed by atoms with E-state index in [2.05, 4.69) is 4.98 Å². The van der Waals surface area contributed by atoms with E-state index >= 15 is 0 Å². The van der Waals surface area contributed by atoms with Crippen molar-refractivity contribution in [1.29, 1.82) is 0 Å². The highest BCUT2D eigenvalue weighted by Gasteiger charge is 2.14. The number of aromatic nitrogens is 1. The van der Waals surface area contributed by atoms with E-state index in [9.17, 15) is 9.59 Å². The summed E-state index contributed by atoms with van der Waals surface area (Å²) in [4.78, 5) is 28.7. The molecule has 2 aromatic heterocycles. The first-order chi connectivity index (χ1) is 13.1. The molecule has 27 heavy (non-hydrogen) atoms. The SMILES string of the molecule is O=C(CCCCl)Oc1ccc2cc(-c3nc4ccccc4s3)c(=O)oc2c1. The second-order valence-corrected chi connectivity index (χ2v) is 7.31. The third-order valence-corrected chi connectivity index (χ3v) is 5.31. The van der Waals surface area contributed by atoms with Crippen LogP contribution in [0.25, 0.3) is 31.8 Å². The Morgan fingerprint density at radius 2 is 2.04 bits per heavy atom. The molecule has 0 atom stereocenters.